The summed E-state index contributed by atoms with van der Waals surface area (Å²) in [4.78, 5) is 12.5. The molecule has 0 atom stereocenters. The van der Waals surface area contributed by atoms with Gasteiger partial charge in [0.25, 0.3) is 5.91 Å². The van der Waals surface area contributed by atoms with Crippen LogP contribution < -0.4 is 9.62 Å². The molecule has 3 aromatic rings. The number of sulfonamides is 1. The van der Waals surface area contributed by atoms with E-state index in [0.29, 0.717) is 32.5 Å². The van der Waals surface area contributed by atoms with Crippen molar-refractivity contribution in [1.82, 2.24) is 0 Å². The first kappa shape index (κ1) is 22.9. The number of nitrogens with one attached hydrogen (secondary N) is 1. The van der Waals surface area contributed by atoms with Gasteiger partial charge in [-0.25, -0.2) is 8.42 Å². The molecule has 1 amide bonds. The van der Waals surface area contributed by atoms with Crippen molar-refractivity contribution in [2.24, 2.45) is 0 Å². The van der Waals surface area contributed by atoms with Gasteiger partial charge in [0.1, 0.15) is 0 Å². The lowest BCUT2D eigenvalue weighted by atomic mass is 10.1. The van der Waals surface area contributed by atoms with Gasteiger partial charge in [-0.2, -0.15) is 0 Å². The summed E-state index contributed by atoms with van der Waals surface area (Å²) in [5, 5.41) is 3.57. The zero-order chi connectivity index (χ0) is 21.9. The Morgan fingerprint density at radius 2 is 1.53 bits per heavy atom. The van der Waals surface area contributed by atoms with Crippen molar-refractivity contribution in [2.75, 3.05) is 15.9 Å². The third-order valence-corrected chi connectivity index (χ3v) is 6.85. The van der Waals surface area contributed by atoms with Crippen LogP contribution in [0, 0.1) is 3.57 Å². The van der Waals surface area contributed by atoms with Gasteiger partial charge in [-0.05, 0) is 83.3 Å². The molecule has 156 valence electrons. The Hall–Kier alpha value is -1.81. The second-order valence-electron chi connectivity index (χ2n) is 6.48. The summed E-state index contributed by atoms with van der Waals surface area (Å²) in [6.07, 6.45) is 1.11. The topological polar surface area (TPSA) is 66.5 Å². The van der Waals surface area contributed by atoms with Crippen molar-refractivity contribution in [3.63, 3.8) is 0 Å². The Bertz CT molecular complexity index is 1150. The summed E-state index contributed by atoms with van der Waals surface area (Å²) in [5.41, 5.74) is 1.99. The molecule has 0 heterocycles. The van der Waals surface area contributed by atoms with E-state index in [1.165, 1.54) is 4.31 Å². The largest absolute Gasteiger partial charge is 0.322 e. The first-order valence-corrected chi connectivity index (χ1v) is 12.4. The van der Waals surface area contributed by atoms with Gasteiger partial charge < -0.3 is 5.32 Å². The predicted octanol–water partition coefficient (Wildman–Crippen LogP) is 5.82. The Kier molecular flexibility index (Phi) is 7.28. The smallest absolute Gasteiger partial charge is 0.255 e. The fraction of sp³-hybridized carbons (Fsp3) is 0.0952. The highest BCUT2D eigenvalue weighted by atomic mass is 127. The number of hydrogen-bond acceptors (Lipinski definition) is 3. The summed E-state index contributed by atoms with van der Waals surface area (Å²) in [7, 11) is -3.62. The predicted molar refractivity (Wildman–Crippen MR) is 131 cm³/mol. The molecule has 0 saturated carbocycles. The van der Waals surface area contributed by atoms with Gasteiger partial charge >= 0.3 is 0 Å². The second kappa shape index (κ2) is 9.55. The molecule has 1 N–H and O–H groups in total. The average Bonchev–Trinajstić information content (AvgIpc) is 2.69. The van der Waals surface area contributed by atoms with E-state index in [9.17, 15) is 13.2 Å². The molecule has 0 aliphatic carbocycles. The van der Waals surface area contributed by atoms with Gasteiger partial charge in [0.15, 0.2) is 0 Å². The maximum absolute atomic E-state index is 12.5. The molecule has 0 unspecified atom stereocenters. The standard InChI is InChI=1S/C21H17Cl2IN2O3S/c1-30(28,29)26(13-18-19(22)3-2-4-20(18)23)17-11-5-14(6-12-17)21(27)25-16-9-7-15(24)8-10-16/h2-12H,13H2,1H3,(H,25,27). The minimum Gasteiger partial charge on any atom is -0.322 e. The van der Waals surface area contributed by atoms with Crippen LogP contribution in [-0.2, 0) is 16.6 Å². The molecule has 0 aromatic heterocycles. The molecule has 0 radical (unpaired) electrons. The lowest BCUT2D eigenvalue weighted by Crippen LogP contribution is -2.29. The van der Waals surface area contributed by atoms with E-state index in [2.05, 4.69) is 27.9 Å². The molecule has 3 rings (SSSR count). The van der Waals surface area contributed by atoms with E-state index < -0.39 is 10.0 Å². The van der Waals surface area contributed by atoms with Crippen LogP contribution in [0.15, 0.2) is 66.7 Å². The third kappa shape index (κ3) is 5.66. The molecule has 9 heteroatoms. The zero-order valence-electron chi connectivity index (χ0n) is 15.8. The molecule has 0 aliphatic rings. The van der Waals surface area contributed by atoms with Crippen LogP contribution in [0.1, 0.15) is 15.9 Å². The molecule has 0 saturated heterocycles. The maximum Gasteiger partial charge on any atom is 0.255 e. The minimum atomic E-state index is -3.62. The van der Waals surface area contributed by atoms with Gasteiger partial charge in [0, 0.05) is 30.4 Å². The molecule has 0 fully saturated rings. The summed E-state index contributed by atoms with van der Waals surface area (Å²) in [5.74, 6) is -0.289. The highest BCUT2D eigenvalue weighted by molar-refractivity contribution is 14.1. The van der Waals surface area contributed by atoms with Gasteiger partial charge in [-0.15, -0.1) is 0 Å². The van der Waals surface area contributed by atoms with Crippen LogP contribution in [0.4, 0.5) is 11.4 Å². The van der Waals surface area contributed by atoms with E-state index in [0.717, 1.165) is 9.83 Å². The summed E-state index contributed by atoms with van der Waals surface area (Å²) < 4.78 is 27.1. The first-order valence-electron chi connectivity index (χ1n) is 8.73. The maximum atomic E-state index is 12.5. The number of nitrogens with zero attached hydrogens (tertiary/aromatic N) is 1. The highest BCUT2D eigenvalue weighted by Gasteiger charge is 2.21. The fourth-order valence-electron chi connectivity index (χ4n) is 2.74. The SMILES string of the molecule is CS(=O)(=O)N(Cc1c(Cl)cccc1Cl)c1ccc(C(=O)Nc2ccc(I)cc2)cc1. The number of amides is 1. The van der Waals surface area contributed by atoms with Crippen molar-refractivity contribution in [3.05, 3.63) is 91.5 Å². The molecule has 5 nitrogen and oxygen atoms in total. The second-order valence-corrected chi connectivity index (χ2v) is 10.4. The minimum absolute atomic E-state index is 0.0223. The van der Waals surface area contributed by atoms with E-state index in [1.807, 2.05) is 24.3 Å². The lowest BCUT2D eigenvalue weighted by molar-refractivity contribution is 0.102. The summed E-state index contributed by atoms with van der Waals surface area (Å²) >= 11 is 14.6. The number of carbonyl (C=O) groups is 1. The van der Waals surface area contributed by atoms with E-state index in [1.54, 1.807) is 42.5 Å². The van der Waals surface area contributed by atoms with Crippen LogP contribution in [0.3, 0.4) is 0 Å². The Morgan fingerprint density at radius 3 is 2.07 bits per heavy atom. The number of carbonyl (C=O) groups excluding carboxylic acids is 1. The lowest BCUT2D eigenvalue weighted by Gasteiger charge is -2.23. The zero-order valence-corrected chi connectivity index (χ0v) is 20.3. The van der Waals surface area contributed by atoms with Crippen molar-refractivity contribution < 1.29 is 13.2 Å². The van der Waals surface area contributed by atoms with Crippen molar-refractivity contribution in [1.29, 1.82) is 0 Å². The number of benzene rings is 3. The summed E-state index contributed by atoms with van der Waals surface area (Å²) in [6.45, 7) is -0.0223. The molecule has 0 aliphatic heterocycles. The Morgan fingerprint density at radius 1 is 0.967 bits per heavy atom. The molecule has 0 spiro atoms. The van der Waals surface area contributed by atoms with Crippen molar-refractivity contribution >= 4 is 73.1 Å². The average molecular weight is 575 g/mol. The van der Waals surface area contributed by atoms with Gasteiger partial charge in [0.2, 0.25) is 10.0 Å². The summed E-state index contributed by atoms with van der Waals surface area (Å²) in [6, 6.07) is 18.7. The normalized spacial score (nSPS) is 11.2. The van der Waals surface area contributed by atoms with Crippen LogP contribution in [0.25, 0.3) is 0 Å². The van der Waals surface area contributed by atoms with Gasteiger partial charge in [-0.1, -0.05) is 29.3 Å². The van der Waals surface area contributed by atoms with Crippen LogP contribution in [0.2, 0.25) is 10.0 Å². The molecular weight excluding hydrogens is 558 g/mol. The number of anilines is 2. The van der Waals surface area contributed by atoms with E-state index in [-0.39, 0.29) is 12.5 Å². The fourth-order valence-corrected chi connectivity index (χ4v) is 4.49. The number of hydrogen-bond donors (Lipinski definition) is 1. The molecule has 3 aromatic carbocycles. The molecule has 0 bridgehead atoms. The van der Waals surface area contributed by atoms with Crippen molar-refractivity contribution in [3.8, 4) is 0 Å². The van der Waals surface area contributed by atoms with Crippen LogP contribution >= 0.6 is 45.8 Å². The van der Waals surface area contributed by atoms with Crippen LogP contribution in [-0.4, -0.2) is 20.6 Å². The molecule has 30 heavy (non-hydrogen) atoms. The Labute approximate surface area is 199 Å². The van der Waals surface area contributed by atoms with Crippen LogP contribution in [0.5, 0.6) is 0 Å². The molecular formula is C21H17Cl2IN2O3S. The quantitative estimate of drug-likeness (QED) is 0.377. The van der Waals surface area contributed by atoms with Crippen molar-refractivity contribution in [2.45, 2.75) is 6.54 Å². The Balaban J connectivity index is 1.84. The number of rotatable bonds is 6. The number of halogens is 3. The van der Waals surface area contributed by atoms with Gasteiger partial charge in [0.05, 0.1) is 18.5 Å². The van der Waals surface area contributed by atoms with Gasteiger partial charge in [-0.3, -0.25) is 9.10 Å². The van der Waals surface area contributed by atoms with E-state index in [4.69, 9.17) is 23.2 Å². The third-order valence-electron chi connectivity index (χ3n) is 4.28. The highest BCUT2D eigenvalue weighted by Crippen LogP contribution is 2.29. The first-order chi connectivity index (χ1) is 14.1. The monoisotopic (exact) mass is 574 g/mol. The van der Waals surface area contributed by atoms with E-state index >= 15 is 0 Å².